The van der Waals surface area contributed by atoms with Gasteiger partial charge in [-0.15, -0.1) is 12.4 Å². The van der Waals surface area contributed by atoms with Gasteiger partial charge in [0.1, 0.15) is 0 Å². The van der Waals surface area contributed by atoms with Crippen LogP contribution in [0.4, 0.5) is 0 Å². The van der Waals surface area contributed by atoms with E-state index < -0.39 is 0 Å². The van der Waals surface area contributed by atoms with Crippen LogP contribution in [0.3, 0.4) is 0 Å². The molecule has 2 rings (SSSR count). The van der Waals surface area contributed by atoms with Gasteiger partial charge in [-0.3, -0.25) is 9.59 Å². The number of rotatable bonds is 3. The van der Waals surface area contributed by atoms with E-state index in [1.165, 1.54) is 0 Å². The monoisotopic (exact) mass is 289 g/mol. The van der Waals surface area contributed by atoms with Crippen LogP contribution in [0.15, 0.2) is 0 Å². The topological polar surface area (TPSA) is 61.4 Å². The quantitative estimate of drug-likeness (QED) is 0.803. The van der Waals surface area contributed by atoms with Crippen LogP contribution in [0.1, 0.15) is 39.0 Å². The molecule has 2 aliphatic heterocycles. The Hall–Kier alpha value is -0.810. The first-order chi connectivity index (χ1) is 8.65. The average Bonchev–Trinajstić information content (AvgIpc) is 2.32. The van der Waals surface area contributed by atoms with Crippen LogP contribution < -0.4 is 10.6 Å². The van der Waals surface area contributed by atoms with Crippen LogP contribution in [0, 0.1) is 0 Å². The van der Waals surface area contributed by atoms with Gasteiger partial charge in [0.15, 0.2) is 0 Å². The maximum Gasteiger partial charge on any atom is 0.239 e. The third-order valence-electron chi connectivity index (χ3n) is 3.74. The summed E-state index contributed by atoms with van der Waals surface area (Å²) in [7, 11) is 0. The number of likely N-dealkylation sites (tertiary alicyclic amines) is 1. The molecule has 2 atom stereocenters. The van der Waals surface area contributed by atoms with E-state index in [2.05, 4.69) is 17.6 Å². The summed E-state index contributed by atoms with van der Waals surface area (Å²) in [4.78, 5) is 25.2. The van der Waals surface area contributed by atoms with Gasteiger partial charge < -0.3 is 15.5 Å². The van der Waals surface area contributed by atoms with Crippen LogP contribution in [0.5, 0.6) is 0 Å². The molecule has 19 heavy (non-hydrogen) atoms. The Balaban J connectivity index is 0.00000180. The van der Waals surface area contributed by atoms with Crippen molar-refractivity contribution in [1.29, 1.82) is 0 Å². The number of carbonyl (C=O) groups excluding carboxylic acids is 2. The molecule has 2 unspecified atom stereocenters. The van der Waals surface area contributed by atoms with Crippen molar-refractivity contribution >= 4 is 24.2 Å². The second-order valence-corrected chi connectivity index (χ2v) is 5.42. The molecule has 0 aromatic heterocycles. The summed E-state index contributed by atoms with van der Waals surface area (Å²) in [5.41, 5.74) is 0. The molecule has 0 aliphatic carbocycles. The summed E-state index contributed by atoms with van der Waals surface area (Å²) >= 11 is 0. The van der Waals surface area contributed by atoms with E-state index in [0.29, 0.717) is 12.5 Å². The van der Waals surface area contributed by atoms with Crippen molar-refractivity contribution in [2.24, 2.45) is 0 Å². The van der Waals surface area contributed by atoms with Gasteiger partial charge in [0.2, 0.25) is 11.8 Å². The van der Waals surface area contributed by atoms with Gasteiger partial charge in [0.25, 0.3) is 0 Å². The summed E-state index contributed by atoms with van der Waals surface area (Å²) in [5.74, 6) is 0.111. The number of amides is 2. The highest BCUT2D eigenvalue weighted by molar-refractivity contribution is 5.85. The lowest BCUT2D eigenvalue weighted by Gasteiger charge is -2.30. The third-order valence-corrected chi connectivity index (χ3v) is 3.74. The maximum atomic E-state index is 11.9. The molecule has 2 aliphatic rings. The van der Waals surface area contributed by atoms with Gasteiger partial charge in [-0.05, 0) is 39.2 Å². The zero-order valence-corrected chi connectivity index (χ0v) is 12.3. The SMILES string of the molecule is CC1CC(NC(=O)CN2CCCCC2=O)CCN1.Cl. The molecule has 0 aromatic carbocycles. The minimum atomic E-state index is -0.00986. The second-order valence-electron chi connectivity index (χ2n) is 5.42. The molecule has 6 heteroatoms. The fourth-order valence-corrected chi connectivity index (χ4v) is 2.74. The fourth-order valence-electron chi connectivity index (χ4n) is 2.74. The normalized spacial score (nSPS) is 27.6. The Morgan fingerprint density at radius 3 is 2.95 bits per heavy atom. The Morgan fingerprint density at radius 2 is 2.26 bits per heavy atom. The van der Waals surface area contributed by atoms with Gasteiger partial charge in [-0.2, -0.15) is 0 Å². The number of hydrogen-bond donors (Lipinski definition) is 2. The summed E-state index contributed by atoms with van der Waals surface area (Å²) in [5, 5.41) is 6.40. The molecule has 0 spiro atoms. The molecule has 2 fully saturated rings. The van der Waals surface area contributed by atoms with Crippen molar-refractivity contribution in [3.05, 3.63) is 0 Å². The molecule has 2 heterocycles. The van der Waals surface area contributed by atoms with Gasteiger partial charge in [0.05, 0.1) is 6.54 Å². The predicted molar refractivity (Wildman–Crippen MR) is 76.3 cm³/mol. The van der Waals surface area contributed by atoms with Gasteiger partial charge in [0, 0.05) is 25.0 Å². The van der Waals surface area contributed by atoms with Crippen LogP contribution in [-0.2, 0) is 9.59 Å². The molecule has 2 amide bonds. The van der Waals surface area contributed by atoms with Gasteiger partial charge in [-0.1, -0.05) is 0 Å². The lowest BCUT2D eigenvalue weighted by molar-refractivity contribution is -0.138. The van der Waals surface area contributed by atoms with Crippen molar-refractivity contribution in [3.8, 4) is 0 Å². The smallest absolute Gasteiger partial charge is 0.239 e. The van der Waals surface area contributed by atoms with Crippen molar-refractivity contribution in [3.63, 3.8) is 0 Å². The third kappa shape index (κ3) is 4.99. The fraction of sp³-hybridized carbons (Fsp3) is 0.846. The Morgan fingerprint density at radius 1 is 1.47 bits per heavy atom. The lowest BCUT2D eigenvalue weighted by atomic mass is 10.0. The largest absolute Gasteiger partial charge is 0.352 e. The first kappa shape index (κ1) is 16.2. The number of halogens is 1. The zero-order valence-electron chi connectivity index (χ0n) is 11.5. The van der Waals surface area contributed by atoms with Gasteiger partial charge >= 0.3 is 0 Å². The molecule has 0 bridgehead atoms. The summed E-state index contributed by atoms with van der Waals surface area (Å²) in [6.45, 7) is 4.05. The standard InChI is InChI=1S/C13H23N3O2.ClH/c1-10-8-11(5-6-14-10)15-12(17)9-16-7-3-2-4-13(16)18;/h10-11,14H,2-9H2,1H3,(H,15,17);1H. The molecule has 2 saturated heterocycles. The zero-order chi connectivity index (χ0) is 13.0. The van der Waals surface area contributed by atoms with Crippen LogP contribution in [0.2, 0.25) is 0 Å². The van der Waals surface area contributed by atoms with E-state index in [1.807, 2.05) is 0 Å². The van der Waals surface area contributed by atoms with Crippen LogP contribution in [0.25, 0.3) is 0 Å². The Bertz CT molecular complexity index is 325. The van der Waals surface area contributed by atoms with E-state index >= 15 is 0 Å². The highest BCUT2D eigenvalue weighted by Gasteiger charge is 2.23. The van der Waals surface area contributed by atoms with Crippen LogP contribution in [-0.4, -0.2) is 48.4 Å². The molecular weight excluding hydrogens is 266 g/mol. The van der Waals surface area contributed by atoms with Crippen molar-refractivity contribution in [2.45, 2.75) is 51.1 Å². The minimum absolute atomic E-state index is 0. The predicted octanol–water partition coefficient (Wildman–Crippen LogP) is 0.677. The molecule has 0 saturated carbocycles. The second kappa shape index (κ2) is 7.70. The molecular formula is C13H24ClN3O2. The minimum Gasteiger partial charge on any atom is -0.352 e. The first-order valence-electron chi connectivity index (χ1n) is 6.95. The average molecular weight is 290 g/mol. The molecule has 110 valence electrons. The summed E-state index contributed by atoms with van der Waals surface area (Å²) < 4.78 is 0. The first-order valence-corrected chi connectivity index (χ1v) is 6.95. The van der Waals surface area contributed by atoms with E-state index in [1.54, 1.807) is 4.90 Å². The maximum absolute atomic E-state index is 11.9. The number of carbonyl (C=O) groups is 2. The number of nitrogens with one attached hydrogen (secondary N) is 2. The van der Waals surface area contributed by atoms with E-state index in [0.717, 1.165) is 38.8 Å². The number of hydrogen-bond acceptors (Lipinski definition) is 3. The molecule has 5 nitrogen and oxygen atoms in total. The Kier molecular flexibility index (Phi) is 6.58. The van der Waals surface area contributed by atoms with E-state index in [4.69, 9.17) is 0 Å². The summed E-state index contributed by atoms with van der Waals surface area (Å²) in [6, 6.07) is 0.717. The van der Waals surface area contributed by atoms with Crippen LogP contribution >= 0.6 is 12.4 Å². The van der Waals surface area contributed by atoms with E-state index in [-0.39, 0.29) is 36.8 Å². The van der Waals surface area contributed by atoms with E-state index in [9.17, 15) is 9.59 Å². The van der Waals surface area contributed by atoms with Crippen molar-refractivity contribution in [1.82, 2.24) is 15.5 Å². The van der Waals surface area contributed by atoms with Gasteiger partial charge in [-0.25, -0.2) is 0 Å². The molecule has 0 aromatic rings. The number of nitrogens with zero attached hydrogens (tertiary/aromatic N) is 1. The highest BCUT2D eigenvalue weighted by Crippen LogP contribution is 2.11. The summed E-state index contributed by atoms with van der Waals surface area (Å²) in [6.07, 6.45) is 4.52. The molecule has 0 radical (unpaired) electrons. The Labute approximate surface area is 120 Å². The number of piperidine rings is 2. The van der Waals surface area contributed by atoms with Crippen molar-refractivity contribution < 1.29 is 9.59 Å². The molecule has 2 N–H and O–H groups in total. The van der Waals surface area contributed by atoms with Crippen molar-refractivity contribution in [2.75, 3.05) is 19.6 Å². The highest BCUT2D eigenvalue weighted by atomic mass is 35.5. The lowest BCUT2D eigenvalue weighted by Crippen LogP contribution is -2.50.